The van der Waals surface area contributed by atoms with E-state index in [4.69, 9.17) is 0 Å². The molecule has 0 fully saturated rings. The number of likely N-dealkylation sites (N-methyl/N-ethyl adjacent to an activating group) is 1. The first-order chi connectivity index (χ1) is 15.4. The number of hydrogen-bond acceptors (Lipinski definition) is 4. The van der Waals surface area contributed by atoms with E-state index < -0.39 is 40.7 Å². The fourth-order valence-electron chi connectivity index (χ4n) is 4.04. The molecule has 33 heavy (non-hydrogen) atoms. The molecule has 2 aromatic rings. The van der Waals surface area contributed by atoms with Crippen LogP contribution in [-0.4, -0.2) is 40.7 Å². The van der Waals surface area contributed by atoms with Gasteiger partial charge in [-0.2, -0.15) is 0 Å². The molecular formula is C23H26F2N4O4. The molecular weight excluding hydrogens is 434 g/mol. The molecule has 0 aliphatic carbocycles. The fourth-order valence-corrected chi connectivity index (χ4v) is 4.04. The van der Waals surface area contributed by atoms with Crippen LogP contribution in [0.25, 0.3) is 0 Å². The van der Waals surface area contributed by atoms with Gasteiger partial charge >= 0.3 is 0 Å². The second-order valence-electron chi connectivity index (χ2n) is 8.56. The number of amides is 3. The molecule has 0 atom stereocenters. The third-order valence-corrected chi connectivity index (χ3v) is 5.82. The van der Waals surface area contributed by atoms with Crippen molar-refractivity contribution in [1.82, 2.24) is 15.2 Å². The molecule has 1 aromatic carbocycles. The molecule has 0 unspecified atom stereocenters. The second kappa shape index (κ2) is 8.76. The Balaban J connectivity index is 1.94. The second-order valence-corrected chi connectivity index (χ2v) is 8.56. The van der Waals surface area contributed by atoms with Crippen LogP contribution < -0.4 is 16.0 Å². The SMILES string of the molecule is CNC(=O)C(C)(C)NC(=O)C(=O)c1c(C)c(C(=O)Nc2cc(F)c(C)c(F)c2)n2c1CCC2. The maximum absolute atomic E-state index is 13.9. The molecule has 0 saturated carbocycles. The lowest BCUT2D eigenvalue weighted by atomic mass is 10.00. The molecule has 1 aliphatic rings. The van der Waals surface area contributed by atoms with Crippen molar-refractivity contribution in [2.75, 3.05) is 12.4 Å². The lowest BCUT2D eigenvalue weighted by molar-refractivity contribution is -0.130. The van der Waals surface area contributed by atoms with E-state index in [2.05, 4.69) is 16.0 Å². The Morgan fingerprint density at radius 1 is 1.03 bits per heavy atom. The third-order valence-electron chi connectivity index (χ3n) is 5.82. The molecule has 10 heteroatoms. The minimum absolute atomic E-state index is 0.0634. The quantitative estimate of drug-likeness (QED) is 0.454. The molecule has 0 radical (unpaired) electrons. The Morgan fingerprint density at radius 3 is 2.21 bits per heavy atom. The first kappa shape index (κ1) is 24.1. The molecule has 0 saturated heterocycles. The van der Waals surface area contributed by atoms with Crippen molar-refractivity contribution in [2.45, 2.75) is 52.6 Å². The third kappa shape index (κ3) is 4.37. The number of anilines is 1. The van der Waals surface area contributed by atoms with Crippen LogP contribution in [0.2, 0.25) is 0 Å². The smallest absolute Gasteiger partial charge is 0.293 e. The molecule has 8 nitrogen and oxygen atoms in total. The van der Waals surface area contributed by atoms with Crippen LogP contribution in [0.4, 0.5) is 14.5 Å². The topological polar surface area (TPSA) is 109 Å². The standard InChI is InChI=1S/C23H26F2N4O4/c1-11-14(24)9-13(10-15(11)25)27-20(31)18-12(2)17(16-7-6-8-29(16)18)19(30)21(32)28-23(3,4)22(33)26-5/h9-10H,6-8H2,1-5H3,(H,26,33)(H,27,31)(H,28,32). The van der Waals surface area contributed by atoms with E-state index in [1.807, 2.05) is 0 Å². The van der Waals surface area contributed by atoms with Crippen LogP contribution in [-0.2, 0) is 22.6 Å². The van der Waals surface area contributed by atoms with Crippen molar-refractivity contribution >= 4 is 29.2 Å². The largest absolute Gasteiger partial charge is 0.357 e. The van der Waals surface area contributed by atoms with E-state index >= 15 is 0 Å². The molecule has 1 aliphatic heterocycles. The first-order valence-electron chi connectivity index (χ1n) is 10.5. The van der Waals surface area contributed by atoms with Crippen LogP contribution in [0.15, 0.2) is 12.1 Å². The number of nitrogens with one attached hydrogen (secondary N) is 3. The van der Waals surface area contributed by atoms with Gasteiger partial charge in [0.05, 0.1) is 5.56 Å². The number of benzene rings is 1. The molecule has 0 bridgehead atoms. The number of rotatable bonds is 6. The van der Waals surface area contributed by atoms with Crippen LogP contribution in [0.3, 0.4) is 0 Å². The van der Waals surface area contributed by atoms with E-state index in [1.54, 1.807) is 11.5 Å². The summed E-state index contributed by atoms with van der Waals surface area (Å²) in [6.07, 6.45) is 1.14. The highest BCUT2D eigenvalue weighted by Crippen LogP contribution is 2.30. The maximum atomic E-state index is 13.9. The van der Waals surface area contributed by atoms with Crippen molar-refractivity contribution < 1.29 is 28.0 Å². The van der Waals surface area contributed by atoms with E-state index in [-0.39, 0.29) is 28.1 Å². The van der Waals surface area contributed by atoms with Gasteiger partial charge < -0.3 is 20.5 Å². The first-order valence-corrected chi connectivity index (χ1v) is 10.5. The number of nitrogens with zero attached hydrogens (tertiary/aromatic N) is 1. The molecule has 3 rings (SSSR count). The molecule has 1 aromatic heterocycles. The Hall–Kier alpha value is -3.56. The average molecular weight is 460 g/mol. The summed E-state index contributed by atoms with van der Waals surface area (Å²) < 4.78 is 29.4. The maximum Gasteiger partial charge on any atom is 0.293 e. The number of fused-ring (bicyclic) bond motifs is 1. The van der Waals surface area contributed by atoms with Crippen LogP contribution >= 0.6 is 0 Å². The van der Waals surface area contributed by atoms with Gasteiger partial charge in [-0.15, -0.1) is 0 Å². The predicted octanol–water partition coefficient (Wildman–Crippen LogP) is 2.41. The van der Waals surface area contributed by atoms with Crippen molar-refractivity contribution in [1.29, 1.82) is 0 Å². The molecule has 3 amide bonds. The zero-order chi connectivity index (χ0) is 24.7. The summed E-state index contributed by atoms with van der Waals surface area (Å²) in [7, 11) is 1.42. The van der Waals surface area contributed by atoms with Gasteiger partial charge in [-0.05, 0) is 58.2 Å². The van der Waals surface area contributed by atoms with Gasteiger partial charge in [-0.1, -0.05) is 0 Å². The highest BCUT2D eigenvalue weighted by atomic mass is 19.1. The number of Topliss-reactive ketones (excluding diaryl/α,β-unsaturated/α-hetero) is 1. The molecule has 0 spiro atoms. The van der Waals surface area contributed by atoms with Crippen LogP contribution in [0.1, 0.15) is 57.9 Å². The Bertz CT molecular complexity index is 1160. The van der Waals surface area contributed by atoms with Crippen molar-refractivity contribution in [3.63, 3.8) is 0 Å². The summed E-state index contributed by atoms with van der Waals surface area (Å²) in [5, 5.41) is 7.32. The Kier molecular flexibility index (Phi) is 6.40. The number of halogens is 2. The van der Waals surface area contributed by atoms with E-state index in [0.29, 0.717) is 25.1 Å². The highest BCUT2D eigenvalue weighted by molar-refractivity contribution is 6.44. The summed E-state index contributed by atoms with van der Waals surface area (Å²) in [6.45, 7) is 6.21. The van der Waals surface area contributed by atoms with Gasteiger partial charge in [0.15, 0.2) is 0 Å². The van der Waals surface area contributed by atoms with Gasteiger partial charge in [-0.25, -0.2) is 8.78 Å². The lowest BCUT2D eigenvalue weighted by Gasteiger charge is -2.23. The Labute approximate surface area is 189 Å². The van der Waals surface area contributed by atoms with Gasteiger partial charge in [0.25, 0.3) is 17.6 Å². The normalized spacial score (nSPS) is 12.8. The lowest BCUT2D eigenvalue weighted by Crippen LogP contribution is -2.55. The summed E-state index contributed by atoms with van der Waals surface area (Å²) in [6, 6.07) is 2.03. The molecule has 2 heterocycles. The summed E-state index contributed by atoms with van der Waals surface area (Å²) in [5.41, 5.74) is -0.476. The van der Waals surface area contributed by atoms with E-state index in [1.165, 1.54) is 27.8 Å². The van der Waals surface area contributed by atoms with Crippen LogP contribution in [0, 0.1) is 25.5 Å². The van der Waals surface area contributed by atoms with Gasteiger partial charge in [-0.3, -0.25) is 19.2 Å². The number of ketones is 1. The summed E-state index contributed by atoms with van der Waals surface area (Å²) in [5.74, 6) is -4.55. The number of hydrogen-bond donors (Lipinski definition) is 3. The zero-order valence-electron chi connectivity index (χ0n) is 19.1. The summed E-state index contributed by atoms with van der Waals surface area (Å²) in [4.78, 5) is 50.7. The van der Waals surface area contributed by atoms with Gasteiger partial charge in [0.2, 0.25) is 5.91 Å². The minimum Gasteiger partial charge on any atom is -0.357 e. The van der Waals surface area contributed by atoms with Gasteiger partial charge in [0, 0.05) is 30.5 Å². The number of carbonyl (C=O) groups is 4. The van der Waals surface area contributed by atoms with E-state index in [0.717, 1.165) is 12.1 Å². The average Bonchev–Trinajstić information content (AvgIpc) is 3.29. The summed E-state index contributed by atoms with van der Waals surface area (Å²) >= 11 is 0. The predicted molar refractivity (Wildman–Crippen MR) is 117 cm³/mol. The van der Waals surface area contributed by atoms with Crippen molar-refractivity contribution in [3.8, 4) is 0 Å². The van der Waals surface area contributed by atoms with Crippen LogP contribution in [0.5, 0.6) is 0 Å². The number of aromatic nitrogens is 1. The fraction of sp³-hybridized carbons (Fsp3) is 0.391. The highest BCUT2D eigenvalue weighted by Gasteiger charge is 2.36. The minimum atomic E-state index is -1.32. The van der Waals surface area contributed by atoms with Crippen molar-refractivity contribution in [3.05, 3.63) is 51.8 Å². The zero-order valence-corrected chi connectivity index (χ0v) is 19.1. The molecule has 3 N–H and O–H groups in total. The molecule has 176 valence electrons. The Morgan fingerprint density at radius 2 is 1.64 bits per heavy atom. The van der Waals surface area contributed by atoms with Crippen molar-refractivity contribution in [2.24, 2.45) is 0 Å². The van der Waals surface area contributed by atoms with E-state index in [9.17, 15) is 28.0 Å². The monoisotopic (exact) mass is 460 g/mol. The number of carbonyl (C=O) groups excluding carboxylic acids is 4. The van der Waals surface area contributed by atoms with Gasteiger partial charge in [0.1, 0.15) is 22.9 Å².